The molecule has 0 bridgehead atoms. The van der Waals surface area contributed by atoms with Gasteiger partial charge in [0.1, 0.15) is 5.82 Å². The van der Waals surface area contributed by atoms with Crippen molar-refractivity contribution < 1.29 is 4.39 Å². The molecule has 2 heterocycles. The summed E-state index contributed by atoms with van der Waals surface area (Å²) in [6, 6.07) is 13.9. The third-order valence-electron chi connectivity index (χ3n) is 4.06. The highest BCUT2D eigenvalue weighted by atomic mass is 35.5. The molecule has 0 radical (unpaired) electrons. The lowest BCUT2D eigenvalue weighted by Crippen LogP contribution is -2.07. The Labute approximate surface area is 154 Å². The molecule has 2 aromatic heterocycles. The highest BCUT2D eigenvalue weighted by Gasteiger charge is 2.14. The van der Waals surface area contributed by atoms with Gasteiger partial charge in [0.25, 0.3) is 0 Å². The molecule has 2 aromatic carbocycles. The fourth-order valence-corrected chi connectivity index (χ4v) is 3.11. The molecule has 4 rings (SSSR count). The lowest BCUT2D eigenvalue weighted by atomic mass is 10.1. The average Bonchev–Trinajstić information content (AvgIpc) is 2.95. The first kappa shape index (κ1) is 16.5. The summed E-state index contributed by atoms with van der Waals surface area (Å²) >= 11 is 6.12. The van der Waals surface area contributed by atoms with Crippen molar-refractivity contribution in [3.8, 4) is 5.82 Å². The van der Waals surface area contributed by atoms with Crippen molar-refractivity contribution in [2.24, 2.45) is 0 Å². The molecule has 26 heavy (non-hydrogen) atoms. The third kappa shape index (κ3) is 2.88. The maximum absolute atomic E-state index is 13.3. The van der Waals surface area contributed by atoms with E-state index in [1.165, 1.54) is 12.1 Å². The van der Waals surface area contributed by atoms with Crippen molar-refractivity contribution in [3.05, 3.63) is 70.8 Å². The number of benzene rings is 2. The van der Waals surface area contributed by atoms with Crippen LogP contribution in [-0.2, 0) is 0 Å². The van der Waals surface area contributed by atoms with Crippen molar-refractivity contribution in [1.29, 1.82) is 0 Å². The van der Waals surface area contributed by atoms with Gasteiger partial charge in [0.15, 0.2) is 11.6 Å². The first-order valence-corrected chi connectivity index (χ1v) is 8.42. The Kier molecular flexibility index (Phi) is 4.05. The number of hydrogen-bond donors (Lipinski definition) is 1. The summed E-state index contributed by atoms with van der Waals surface area (Å²) in [5.41, 5.74) is 2.45. The number of halogens is 2. The molecule has 0 amide bonds. The molecule has 1 N–H and O–H groups in total. The van der Waals surface area contributed by atoms with Crippen molar-refractivity contribution in [1.82, 2.24) is 20.0 Å². The Morgan fingerprint density at radius 2 is 1.77 bits per heavy atom. The second-order valence-electron chi connectivity index (χ2n) is 6.01. The van der Waals surface area contributed by atoms with E-state index in [2.05, 4.69) is 20.6 Å². The van der Waals surface area contributed by atoms with Crippen molar-refractivity contribution >= 4 is 33.9 Å². The molecule has 0 aliphatic rings. The van der Waals surface area contributed by atoms with Crippen LogP contribution in [0.1, 0.15) is 11.4 Å². The monoisotopic (exact) mass is 367 g/mol. The minimum absolute atomic E-state index is 0.276. The zero-order chi connectivity index (χ0) is 18.3. The molecule has 7 heteroatoms. The number of anilines is 2. The maximum Gasteiger partial charge on any atom is 0.183 e. The van der Waals surface area contributed by atoms with Gasteiger partial charge in [-0.05, 0) is 38.1 Å². The standard InChI is InChI=1S/C19H15ClFN5/c1-11-9-12(2)26(25-11)19-15-6-4-3-5-14(15)18(23-24-19)22-17-8-7-13(21)10-16(17)20/h3-10H,1-2H3,(H,22,23). The number of hydrogen-bond acceptors (Lipinski definition) is 4. The second-order valence-corrected chi connectivity index (χ2v) is 6.41. The first-order chi connectivity index (χ1) is 12.5. The summed E-state index contributed by atoms with van der Waals surface area (Å²) in [7, 11) is 0. The second kappa shape index (κ2) is 6.38. The van der Waals surface area contributed by atoms with E-state index in [9.17, 15) is 4.39 Å². The van der Waals surface area contributed by atoms with Crippen molar-refractivity contribution in [2.75, 3.05) is 5.32 Å². The Bertz CT molecular complexity index is 1120. The van der Waals surface area contributed by atoms with E-state index < -0.39 is 5.82 Å². The Balaban J connectivity index is 1.85. The summed E-state index contributed by atoms with van der Waals surface area (Å²) in [6.07, 6.45) is 0. The molecule has 0 unspecified atom stereocenters. The predicted molar refractivity (Wildman–Crippen MR) is 101 cm³/mol. The minimum atomic E-state index is -0.392. The number of fused-ring (bicyclic) bond motifs is 1. The number of aryl methyl sites for hydroxylation is 2. The van der Waals surface area contributed by atoms with Crippen LogP contribution in [-0.4, -0.2) is 20.0 Å². The van der Waals surface area contributed by atoms with Crippen LogP contribution in [0.5, 0.6) is 0 Å². The van der Waals surface area contributed by atoms with Crippen LogP contribution in [0, 0.1) is 19.7 Å². The summed E-state index contributed by atoms with van der Waals surface area (Å²) in [4.78, 5) is 0. The molecular formula is C19H15ClFN5. The van der Waals surface area contributed by atoms with Gasteiger partial charge < -0.3 is 5.32 Å². The topological polar surface area (TPSA) is 55.6 Å². The highest BCUT2D eigenvalue weighted by molar-refractivity contribution is 6.33. The van der Waals surface area contributed by atoms with Gasteiger partial charge in [-0.25, -0.2) is 9.07 Å². The average molecular weight is 368 g/mol. The van der Waals surface area contributed by atoms with E-state index in [0.29, 0.717) is 17.3 Å². The molecule has 0 atom stereocenters. The van der Waals surface area contributed by atoms with Crippen LogP contribution in [0.15, 0.2) is 48.5 Å². The molecule has 130 valence electrons. The first-order valence-electron chi connectivity index (χ1n) is 8.04. The van der Waals surface area contributed by atoms with Gasteiger partial charge in [-0.2, -0.15) is 5.10 Å². The van der Waals surface area contributed by atoms with Gasteiger partial charge in [0.05, 0.1) is 16.4 Å². The molecule has 4 aromatic rings. The van der Waals surface area contributed by atoms with Gasteiger partial charge in [-0.15, -0.1) is 10.2 Å². The molecule has 0 saturated heterocycles. The summed E-state index contributed by atoms with van der Waals surface area (Å²) < 4.78 is 15.0. The van der Waals surface area contributed by atoms with Gasteiger partial charge in [0, 0.05) is 16.5 Å². The van der Waals surface area contributed by atoms with Crippen LogP contribution >= 0.6 is 11.6 Å². The normalized spacial score (nSPS) is 11.1. The smallest absolute Gasteiger partial charge is 0.183 e. The molecule has 0 aliphatic carbocycles. The predicted octanol–water partition coefficient (Wildman–Crippen LogP) is 4.97. The van der Waals surface area contributed by atoms with Gasteiger partial charge >= 0.3 is 0 Å². The van der Waals surface area contributed by atoms with E-state index in [-0.39, 0.29) is 5.02 Å². The van der Waals surface area contributed by atoms with Crippen LogP contribution in [0.3, 0.4) is 0 Å². The van der Waals surface area contributed by atoms with Gasteiger partial charge in [-0.3, -0.25) is 0 Å². The molecule has 0 aliphatic heterocycles. The van der Waals surface area contributed by atoms with E-state index in [1.807, 2.05) is 44.2 Å². The SMILES string of the molecule is Cc1cc(C)n(-c2nnc(Nc3ccc(F)cc3Cl)c3ccccc23)n1. The number of aromatic nitrogens is 4. The molecule has 0 fully saturated rings. The van der Waals surface area contributed by atoms with Crippen LogP contribution in [0.4, 0.5) is 15.9 Å². The van der Waals surface area contributed by atoms with E-state index in [0.717, 1.165) is 22.2 Å². The summed E-state index contributed by atoms with van der Waals surface area (Å²) in [6.45, 7) is 3.91. The van der Waals surface area contributed by atoms with Crippen LogP contribution in [0.25, 0.3) is 16.6 Å². The highest BCUT2D eigenvalue weighted by Crippen LogP contribution is 2.30. The summed E-state index contributed by atoms with van der Waals surface area (Å²) in [5, 5.41) is 18.4. The Hall–Kier alpha value is -2.99. The van der Waals surface area contributed by atoms with Gasteiger partial charge in [0.2, 0.25) is 0 Å². The Morgan fingerprint density at radius 3 is 2.46 bits per heavy atom. The maximum atomic E-state index is 13.3. The largest absolute Gasteiger partial charge is 0.337 e. The zero-order valence-corrected chi connectivity index (χ0v) is 14.9. The third-order valence-corrected chi connectivity index (χ3v) is 4.37. The van der Waals surface area contributed by atoms with E-state index in [4.69, 9.17) is 11.6 Å². The fourth-order valence-electron chi connectivity index (χ4n) is 2.90. The molecule has 5 nitrogen and oxygen atoms in total. The van der Waals surface area contributed by atoms with Crippen molar-refractivity contribution in [2.45, 2.75) is 13.8 Å². The van der Waals surface area contributed by atoms with Crippen LogP contribution < -0.4 is 5.32 Å². The summed E-state index contributed by atoms with van der Waals surface area (Å²) in [5.74, 6) is 0.803. The van der Waals surface area contributed by atoms with E-state index >= 15 is 0 Å². The minimum Gasteiger partial charge on any atom is -0.337 e. The van der Waals surface area contributed by atoms with Crippen molar-refractivity contribution in [3.63, 3.8) is 0 Å². The van der Waals surface area contributed by atoms with Gasteiger partial charge in [-0.1, -0.05) is 35.9 Å². The lowest BCUT2D eigenvalue weighted by molar-refractivity contribution is 0.628. The quantitative estimate of drug-likeness (QED) is 0.555. The number of nitrogens with one attached hydrogen (secondary N) is 1. The number of nitrogens with zero attached hydrogens (tertiary/aromatic N) is 4. The molecule has 0 spiro atoms. The van der Waals surface area contributed by atoms with Crippen LogP contribution in [0.2, 0.25) is 5.02 Å². The lowest BCUT2D eigenvalue weighted by Gasteiger charge is -2.12. The number of rotatable bonds is 3. The molecule has 0 saturated carbocycles. The zero-order valence-electron chi connectivity index (χ0n) is 14.2. The Morgan fingerprint density at radius 1 is 1.00 bits per heavy atom. The van der Waals surface area contributed by atoms with E-state index in [1.54, 1.807) is 10.7 Å². The fraction of sp³-hybridized carbons (Fsp3) is 0.105. The molecular weight excluding hydrogens is 353 g/mol.